The van der Waals surface area contributed by atoms with Crippen molar-refractivity contribution >= 4 is 11.6 Å². The van der Waals surface area contributed by atoms with E-state index in [0.717, 1.165) is 46.5 Å². The lowest BCUT2D eigenvalue weighted by atomic mass is 9.64. The molecule has 2 aromatic rings. The van der Waals surface area contributed by atoms with Crippen molar-refractivity contribution in [1.82, 2.24) is 4.90 Å². The van der Waals surface area contributed by atoms with Gasteiger partial charge in [0.1, 0.15) is 6.61 Å². The molecule has 0 fully saturated rings. The molecule has 5 heteroatoms. The Hall–Kier alpha value is -3.34. The van der Waals surface area contributed by atoms with Crippen LogP contribution >= 0.6 is 0 Å². The second kappa shape index (κ2) is 9.69. The minimum absolute atomic E-state index is 0.120. The largest absolute Gasteiger partial charge is 0.493 e. The van der Waals surface area contributed by atoms with Crippen LogP contribution in [-0.2, 0) is 16.2 Å². The van der Waals surface area contributed by atoms with E-state index in [1.165, 1.54) is 11.1 Å². The molecular formula is C34H41NO4. The van der Waals surface area contributed by atoms with Crippen molar-refractivity contribution in [2.75, 3.05) is 14.2 Å². The van der Waals surface area contributed by atoms with E-state index < -0.39 is 0 Å². The molecule has 1 heterocycles. The number of carbonyl (C=O) groups excluding carboxylic acids is 2. The van der Waals surface area contributed by atoms with Gasteiger partial charge in [-0.3, -0.25) is 9.59 Å². The first-order chi connectivity index (χ1) is 18.3. The lowest BCUT2D eigenvalue weighted by Gasteiger charge is -2.47. The van der Waals surface area contributed by atoms with E-state index in [4.69, 9.17) is 9.47 Å². The Labute approximate surface area is 232 Å². The van der Waals surface area contributed by atoms with Crippen LogP contribution in [0.15, 0.2) is 58.9 Å². The lowest BCUT2D eigenvalue weighted by molar-refractivity contribution is -0.119. The number of nitrogens with zero attached hydrogens (tertiary/aromatic N) is 1. The van der Waals surface area contributed by atoms with E-state index in [1.807, 2.05) is 25.2 Å². The number of aryl methyl sites for hydroxylation is 2. The number of ether oxygens (including phenoxy) is 2. The summed E-state index contributed by atoms with van der Waals surface area (Å²) in [5, 5.41) is 0. The first-order valence-electron chi connectivity index (χ1n) is 13.9. The fourth-order valence-corrected chi connectivity index (χ4v) is 6.54. The summed E-state index contributed by atoms with van der Waals surface area (Å²) >= 11 is 0. The SMILES string of the molecule is COc1cc(C2C3=C(CC(C)(C)CC3=O)N(C)C3=C2C(=O)CC(C)(C)C3)ccc1OCc1ccc(C)c(C)c1. The number of allylic oxidation sites excluding steroid dienone is 4. The van der Waals surface area contributed by atoms with Crippen molar-refractivity contribution in [2.45, 2.75) is 79.8 Å². The van der Waals surface area contributed by atoms with Crippen molar-refractivity contribution in [3.8, 4) is 11.5 Å². The summed E-state index contributed by atoms with van der Waals surface area (Å²) in [7, 11) is 3.67. The predicted octanol–water partition coefficient (Wildman–Crippen LogP) is 7.21. The smallest absolute Gasteiger partial charge is 0.162 e. The Bertz CT molecular complexity index is 1370. The Morgan fingerprint density at radius 2 is 1.38 bits per heavy atom. The van der Waals surface area contributed by atoms with Crippen LogP contribution in [0.3, 0.4) is 0 Å². The predicted molar refractivity (Wildman–Crippen MR) is 154 cm³/mol. The van der Waals surface area contributed by atoms with Crippen LogP contribution in [0.5, 0.6) is 11.5 Å². The van der Waals surface area contributed by atoms with Gasteiger partial charge >= 0.3 is 0 Å². The monoisotopic (exact) mass is 527 g/mol. The molecule has 0 amide bonds. The minimum atomic E-state index is -0.388. The molecule has 0 radical (unpaired) electrons. The maximum Gasteiger partial charge on any atom is 0.162 e. The molecule has 0 saturated heterocycles. The Balaban J connectivity index is 1.57. The van der Waals surface area contributed by atoms with Crippen molar-refractivity contribution in [2.24, 2.45) is 10.8 Å². The van der Waals surface area contributed by atoms with Crippen molar-refractivity contribution < 1.29 is 19.1 Å². The number of ketones is 2. The number of benzene rings is 2. The maximum atomic E-state index is 13.7. The summed E-state index contributed by atoms with van der Waals surface area (Å²) in [5.41, 5.74) is 7.89. The molecule has 206 valence electrons. The fourth-order valence-electron chi connectivity index (χ4n) is 6.54. The summed E-state index contributed by atoms with van der Waals surface area (Å²) in [6.45, 7) is 13.2. The van der Waals surface area contributed by atoms with Gasteiger partial charge in [-0.05, 0) is 71.9 Å². The molecule has 0 aromatic heterocycles. The number of hydrogen-bond acceptors (Lipinski definition) is 5. The highest BCUT2D eigenvalue weighted by Gasteiger charge is 2.48. The molecule has 39 heavy (non-hydrogen) atoms. The van der Waals surface area contributed by atoms with Crippen molar-refractivity contribution in [3.63, 3.8) is 0 Å². The molecule has 1 aliphatic heterocycles. The topological polar surface area (TPSA) is 55.8 Å². The fraction of sp³-hybridized carbons (Fsp3) is 0.471. The van der Waals surface area contributed by atoms with Crippen molar-refractivity contribution in [1.29, 1.82) is 0 Å². The molecule has 0 unspecified atom stereocenters. The van der Waals surface area contributed by atoms with Gasteiger partial charge < -0.3 is 14.4 Å². The van der Waals surface area contributed by atoms with Gasteiger partial charge in [0.2, 0.25) is 0 Å². The van der Waals surface area contributed by atoms with Gasteiger partial charge in [-0.15, -0.1) is 0 Å². The normalized spacial score (nSPS) is 20.7. The van der Waals surface area contributed by atoms with Crippen LogP contribution in [0.25, 0.3) is 0 Å². The summed E-state index contributed by atoms with van der Waals surface area (Å²) in [6, 6.07) is 12.2. The molecule has 0 saturated carbocycles. The molecule has 5 nitrogen and oxygen atoms in total. The first kappa shape index (κ1) is 27.2. The molecule has 0 bridgehead atoms. The molecule has 2 aromatic carbocycles. The van der Waals surface area contributed by atoms with Crippen LogP contribution in [0.2, 0.25) is 0 Å². The molecule has 0 N–H and O–H groups in total. The summed E-state index contributed by atoms with van der Waals surface area (Å²) in [5.74, 6) is 1.13. The standard InChI is InChI=1S/C34H41NO4/c1-20-9-10-22(13-21(20)2)19-39-28-12-11-23(14-29(28)38-8)30-31-24(15-33(3,4)17-26(31)36)35(7)25-16-34(5,6)18-27(37)32(25)30/h9-14,30H,15-19H2,1-8H3. The van der Waals surface area contributed by atoms with E-state index in [9.17, 15) is 9.59 Å². The van der Waals surface area contributed by atoms with Crippen molar-refractivity contribution in [3.05, 3.63) is 81.2 Å². The minimum Gasteiger partial charge on any atom is -0.493 e. The lowest BCUT2D eigenvalue weighted by Crippen LogP contribution is -2.43. The highest BCUT2D eigenvalue weighted by molar-refractivity contribution is 6.06. The zero-order valence-electron chi connectivity index (χ0n) is 24.7. The average Bonchev–Trinajstić information content (AvgIpc) is 2.85. The number of Topliss-reactive ketones (excluding diaryl/α,β-unsaturated/α-hetero) is 2. The highest BCUT2D eigenvalue weighted by Crippen LogP contribution is 2.54. The van der Waals surface area contributed by atoms with Gasteiger partial charge in [0.05, 0.1) is 7.11 Å². The number of methoxy groups -OCH3 is 1. The molecular weight excluding hydrogens is 486 g/mol. The Morgan fingerprint density at radius 3 is 1.92 bits per heavy atom. The number of carbonyl (C=O) groups is 2. The number of rotatable bonds is 5. The maximum absolute atomic E-state index is 13.7. The average molecular weight is 528 g/mol. The second-order valence-corrected chi connectivity index (χ2v) is 13.2. The van der Waals surface area contributed by atoms with Crippen LogP contribution in [0.4, 0.5) is 0 Å². The Kier molecular flexibility index (Phi) is 6.77. The van der Waals surface area contributed by atoms with E-state index in [0.29, 0.717) is 30.9 Å². The van der Waals surface area contributed by atoms with Crippen LogP contribution in [0, 0.1) is 24.7 Å². The van der Waals surface area contributed by atoms with Gasteiger partial charge in [0.15, 0.2) is 23.1 Å². The summed E-state index contributed by atoms with van der Waals surface area (Å²) in [6.07, 6.45) is 2.57. The van der Waals surface area contributed by atoms with Gasteiger partial charge in [-0.25, -0.2) is 0 Å². The first-order valence-corrected chi connectivity index (χ1v) is 13.9. The second-order valence-electron chi connectivity index (χ2n) is 13.2. The van der Waals surface area contributed by atoms with E-state index in [-0.39, 0.29) is 28.3 Å². The zero-order valence-corrected chi connectivity index (χ0v) is 24.7. The molecule has 2 aliphatic carbocycles. The van der Waals surface area contributed by atoms with E-state index in [2.05, 4.69) is 64.6 Å². The van der Waals surface area contributed by atoms with Gasteiger partial charge in [-0.1, -0.05) is 52.0 Å². The third-order valence-corrected chi connectivity index (χ3v) is 8.67. The third-order valence-electron chi connectivity index (χ3n) is 8.67. The third kappa shape index (κ3) is 5.04. The summed E-state index contributed by atoms with van der Waals surface area (Å²) < 4.78 is 12.0. The molecule has 0 atom stereocenters. The van der Waals surface area contributed by atoms with Gasteiger partial charge in [0, 0.05) is 48.3 Å². The van der Waals surface area contributed by atoms with E-state index >= 15 is 0 Å². The van der Waals surface area contributed by atoms with Crippen LogP contribution in [-0.4, -0.2) is 30.6 Å². The van der Waals surface area contributed by atoms with E-state index in [1.54, 1.807) is 7.11 Å². The Morgan fingerprint density at radius 1 is 0.795 bits per heavy atom. The summed E-state index contributed by atoms with van der Waals surface area (Å²) in [4.78, 5) is 29.6. The van der Waals surface area contributed by atoms with Crippen LogP contribution in [0.1, 0.15) is 81.5 Å². The van der Waals surface area contributed by atoms with Gasteiger partial charge in [-0.2, -0.15) is 0 Å². The highest BCUT2D eigenvalue weighted by atomic mass is 16.5. The molecule has 5 rings (SSSR count). The quantitative estimate of drug-likeness (QED) is 0.411. The molecule has 0 spiro atoms. The molecule has 3 aliphatic rings. The zero-order chi connectivity index (χ0) is 28.3. The number of hydrogen-bond donors (Lipinski definition) is 0. The van der Waals surface area contributed by atoms with Gasteiger partial charge in [0.25, 0.3) is 0 Å². The van der Waals surface area contributed by atoms with Crippen LogP contribution < -0.4 is 9.47 Å².